The fraction of sp³-hybridized carbons (Fsp3) is 0.263. The fourth-order valence-electron chi connectivity index (χ4n) is 2.52. The number of aromatic nitrogens is 1. The fourth-order valence-corrected chi connectivity index (χ4v) is 2.52. The van der Waals surface area contributed by atoms with E-state index in [2.05, 4.69) is 11.1 Å². The Labute approximate surface area is 150 Å². The Hall–Kier alpha value is -3.76. The zero-order valence-electron chi connectivity index (χ0n) is 14.1. The number of benzene rings is 1. The average Bonchev–Trinajstić information content (AvgIpc) is 2.64. The molecule has 0 radical (unpaired) electrons. The molecule has 2 aromatic rings. The molecule has 0 atom stereocenters. The zero-order valence-corrected chi connectivity index (χ0v) is 14.1. The molecule has 0 spiro atoms. The summed E-state index contributed by atoms with van der Waals surface area (Å²) in [6, 6.07) is 12.7. The van der Waals surface area contributed by atoms with Gasteiger partial charge in [-0.05, 0) is 37.0 Å². The van der Waals surface area contributed by atoms with Crippen molar-refractivity contribution in [3.63, 3.8) is 0 Å². The molecule has 3 N–H and O–H groups in total. The lowest BCUT2D eigenvalue weighted by Gasteiger charge is -2.10. The number of nitrogen functional groups attached to an aromatic ring is 1. The molecule has 1 heterocycles. The molecule has 26 heavy (non-hydrogen) atoms. The standard InChI is InChI=1S/C19H17N5O2/c20-9-3-1-2-4-10-26-14-7-5-13(6-8-14)17-15(11-21)18(23)24-19(25)16(17)12-22/h5-8H,1-4,10H2,(H3,23,24,25). The highest BCUT2D eigenvalue weighted by atomic mass is 16.5. The maximum Gasteiger partial charge on any atom is 0.268 e. The second kappa shape index (κ2) is 8.92. The van der Waals surface area contributed by atoms with Gasteiger partial charge in [0.05, 0.1) is 12.7 Å². The van der Waals surface area contributed by atoms with E-state index < -0.39 is 5.56 Å². The van der Waals surface area contributed by atoms with Crippen LogP contribution in [0.1, 0.15) is 36.8 Å². The zero-order chi connectivity index (χ0) is 18.9. The van der Waals surface area contributed by atoms with Gasteiger partial charge in [0.1, 0.15) is 34.8 Å². The van der Waals surface area contributed by atoms with Gasteiger partial charge in [-0.1, -0.05) is 12.1 Å². The molecule has 0 saturated carbocycles. The number of aromatic amines is 1. The third kappa shape index (κ3) is 4.20. The molecule has 0 fully saturated rings. The van der Waals surface area contributed by atoms with Crippen LogP contribution in [0.4, 0.5) is 5.82 Å². The van der Waals surface area contributed by atoms with Crippen LogP contribution in [0.2, 0.25) is 0 Å². The number of H-pyrrole nitrogens is 1. The maximum absolute atomic E-state index is 11.9. The molecule has 2 rings (SSSR count). The average molecular weight is 347 g/mol. The van der Waals surface area contributed by atoms with Crippen molar-refractivity contribution in [2.45, 2.75) is 25.7 Å². The molecule has 0 saturated heterocycles. The molecular weight excluding hydrogens is 330 g/mol. The van der Waals surface area contributed by atoms with Crippen molar-refractivity contribution in [2.24, 2.45) is 0 Å². The lowest BCUT2D eigenvalue weighted by atomic mass is 9.96. The van der Waals surface area contributed by atoms with Crippen molar-refractivity contribution in [1.29, 1.82) is 15.8 Å². The van der Waals surface area contributed by atoms with E-state index >= 15 is 0 Å². The van der Waals surface area contributed by atoms with Gasteiger partial charge in [0, 0.05) is 12.0 Å². The highest BCUT2D eigenvalue weighted by Gasteiger charge is 2.17. The Morgan fingerprint density at radius 3 is 2.31 bits per heavy atom. The quantitative estimate of drug-likeness (QED) is 0.738. The van der Waals surface area contributed by atoms with Gasteiger partial charge in [0.2, 0.25) is 0 Å². The number of anilines is 1. The van der Waals surface area contributed by atoms with Crippen LogP contribution in [-0.4, -0.2) is 11.6 Å². The largest absolute Gasteiger partial charge is 0.494 e. The number of nitrogens with two attached hydrogens (primary N) is 1. The number of pyridine rings is 1. The lowest BCUT2D eigenvalue weighted by Crippen LogP contribution is -2.16. The van der Waals surface area contributed by atoms with E-state index in [1.807, 2.05) is 12.1 Å². The molecule has 0 unspecified atom stereocenters. The summed E-state index contributed by atoms with van der Waals surface area (Å²) < 4.78 is 5.63. The van der Waals surface area contributed by atoms with Gasteiger partial charge < -0.3 is 15.5 Å². The van der Waals surface area contributed by atoms with E-state index in [4.69, 9.17) is 15.7 Å². The van der Waals surface area contributed by atoms with Crippen LogP contribution in [0.3, 0.4) is 0 Å². The Morgan fingerprint density at radius 2 is 1.69 bits per heavy atom. The van der Waals surface area contributed by atoms with Gasteiger partial charge in [-0.25, -0.2) is 0 Å². The minimum Gasteiger partial charge on any atom is -0.494 e. The highest BCUT2D eigenvalue weighted by molar-refractivity contribution is 5.80. The number of unbranched alkanes of at least 4 members (excludes halogenated alkanes) is 3. The first kappa shape index (κ1) is 18.6. The Balaban J connectivity index is 2.19. The molecule has 0 aliphatic carbocycles. The summed E-state index contributed by atoms with van der Waals surface area (Å²) in [5.74, 6) is 0.577. The van der Waals surface area contributed by atoms with E-state index in [-0.39, 0.29) is 22.5 Å². The third-order valence-corrected chi connectivity index (χ3v) is 3.81. The summed E-state index contributed by atoms with van der Waals surface area (Å²) in [5, 5.41) is 27.1. The summed E-state index contributed by atoms with van der Waals surface area (Å²) in [5.41, 5.74) is 5.75. The van der Waals surface area contributed by atoms with Crippen molar-refractivity contribution in [2.75, 3.05) is 12.3 Å². The lowest BCUT2D eigenvalue weighted by molar-refractivity contribution is 0.305. The van der Waals surface area contributed by atoms with Crippen LogP contribution in [0.25, 0.3) is 11.1 Å². The van der Waals surface area contributed by atoms with Gasteiger partial charge in [0.15, 0.2) is 0 Å². The summed E-state index contributed by atoms with van der Waals surface area (Å²) in [6.07, 6.45) is 3.19. The van der Waals surface area contributed by atoms with E-state index in [0.29, 0.717) is 24.3 Å². The SMILES string of the molecule is N#CCCCCCOc1ccc(-c2c(C#N)c(N)[nH]c(=O)c2C#N)cc1. The van der Waals surface area contributed by atoms with Gasteiger partial charge >= 0.3 is 0 Å². The summed E-state index contributed by atoms with van der Waals surface area (Å²) >= 11 is 0. The van der Waals surface area contributed by atoms with Crippen molar-refractivity contribution >= 4 is 5.82 Å². The maximum atomic E-state index is 11.9. The van der Waals surface area contributed by atoms with Crippen molar-refractivity contribution in [1.82, 2.24) is 4.98 Å². The Bertz CT molecular complexity index is 956. The van der Waals surface area contributed by atoms with E-state index in [0.717, 1.165) is 19.3 Å². The highest BCUT2D eigenvalue weighted by Crippen LogP contribution is 2.29. The summed E-state index contributed by atoms with van der Waals surface area (Å²) in [6.45, 7) is 0.537. The Morgan fingerprint density at radius 1 is 1.00 bits per heavy atom. The molecule has 1 aromatic heterocycles. The first-order valence-corrected chi connectivity index (χ1v) is 8.08. The number of hydrogen-bond donors (Lipinski definition) is 2. The van der Waals surface area contributed by atoms with Crippen LogP contribution in [0, 0.1) is 34.0 Å². The molecule has 1 aromatic carbocycles. The number of nitrogens with one attached hydrogen (secondary N) is 1. The van der Waals surface area contributed by atoms with Crippen molar-refractivity contribution in [3.05, 3.63) is 45.7 Å². The summed E-state index contributed by atoms with van der Waals surface area (Å²) in [7, 11) is 0. The minimum atomic E-state index is -0.628. The molecule has 0 aliphatic rings. The van der Waals surface area contributed by atoms with Gasteiger partial charge in [-0.3, -0.25) is 4.79 Å². The van der Waals surface area contributed by atoms with Crippen LogP contribution < -0.4 is 16.0 Å². The van der Waals surface area contributed by atoms with Crippen LogP contribution in [0.15, 0.2) is 29.1 Å². The number of nitriles is 3. The smallest absolute Gasteiger partial charge is 0.268 e. The second-order valence-electron chi connectivity index (χ2n) is 5.56. The molecular formula is C19H17N5O2. The molecule has 7 heteroatoms. The predicted molar refractivity (Wildman–Crippen MR) is 95.9 cm³/mol. The van der Waals surface area contributed by atoms with Crippen LogP contribution >= 0.6 is 0 Å². The number of rotatable bonds is 7. The molecule has 7 nitrogen and oxygen atoms in total. The molecule has 0 bridgehead atoms. The van der Waals surface area contributed by atoms with Gasteiger partial charge in [-0.2, -0.15) is 15.8 Å². The number of ether oxygens (including phenoxy) is 1. The number of nitrogens with zero attached hydrogens (tertiary/aromatic N) is 3. The number of hydrogen-bond acceptors (Lipinski definition) is 6. The second-order valence-corrected chi connectivity index (χ2v) is 5.56. The summed E-state index contributed by atoms with van der Waals surface area (Å²) in [4.78, 5) is 14.2. The van der Waals surface area contributed by atoms with Crippen LogP contribution in [0.5, 0.6) is 5.75 Å². The Kier molecular flexibility index (Phi) is 6.37. The normalized spacial score (nSPS) is 9.73. The van der Waals surface area contributed by atoms with E-state index in [9.17, 15) is 15.3 Å². The molecule has 130 valence electrons. The minimum absolute atomic E-state index is 0.0623. The predicted octanol–water partition coefficient (Wildman–Crippen LogP) is 2.83. The van der Waals surface area contributed by atoms with Crippen LogP contribution in [-0.2, 0) is 0 Å². The topological polar surface area (TPSA) is 139 Å². The third-order valence-electron chi connectivity index (χ3n) is 3.81. The van der Waals surface area contributed by atoms with Crippen molar-refractivity contribution < 1.29 is 4.74 Å². The molecule has 0 amide bonds. The first-order valence-electron chi connectivity index (χ1n) is 8.08. The van der Waals surface area contributed by atoms with Gasteiger partial charge in [0.25, 0.3) is 5.56 Å². The molecule has 0 aliphatic heterocycles. The van der Waals surface area contributed by atoms with E-state index in [1.165, 1.54) is 0 Å². The monoisotopic (exact) mass is 347 g/mol. The van der Waals surface area contributed by atoms with Gasteiger partial charge in [-0.15, -0.1) is 0 Å². The van der Waals surface area contributed by atoms with E-state index in [1.54, 1.807) is 24.3 Å². The first-order chi connectivity index (χ1) is 12.6. The van der Waals surface area contributed by atoms with Crippen molar-refractivity contribution in [3.8, 4) is 35.1 Å².